The molecular weight excluding hydrogens is 180 g/mol. The summed E-state index contributed by atoms with van der Waals surface area (Å²) in [4.78, 5) is 11.6. The first-order chi connectivity index (χ1) is 6.81. The number of para-hydroxylation sites is 1. The summed E-state index contributed by atoms with van der Waals surface area (Å²) in [6, 6.07) is 7.09. The minimum absolute atomic E-state index is 0.132. The van der Waals surface area contributed by atoms with Crippen molar-refractivity contribution >= 4 is 5.97 Å². The van der Waals surface area contributed by atoms with Gasteiger partial charge in [0.25, 0.3) is 0 Å². The van der Waals surface area contributed by atoms with Crippen LogP contribution in [0.5, 0.6) is 5.75 Å². The molecule has 3 nitrogen and oxygen atoms in total. The maximum absolute atomic E-state index is 11.6. The second-order valence-electron chi connectivity index (χ2n) is 3.30. The molecule has 0 aromatic heterocycles. The number of ether oxygens (including phenoxy) is 2. The lowest BCUT2D eigenvalue weighted by molar-refractivity contribution is 0.0468. The molecule has 0 atom stereocenters. The lowest BCUT2D eigenvalue weighted by Crippen LogP contribution is -2.08. The number of hydrogen-bond acceptors (Lipinski definition) is 3. The lowest BCUT2D eigenvalue weighted by Gasteiger charge is -2.07. The first-order valence-electron chi connectivity index (χ1n) is 4.65. The van der Waals surface area contributed by atoms with Gasteiger partial charge in [-0.25, -0.2) is 4.79 Å². The van der Waals surface area contributed by atoms with E-state index < -0.39 is 0 Å². The highest BCUT2D eigenvalue weighted by Gasteiger charge is 2.27. The van der Waals surface area contributed by atoms with Crippen LogP contribution in [-0.4, -0.2) is 19.2 Å². The van der Waals surface area contributed by atoms with Crippen LogP contribution in [0.3, 0.4) is 0 Å². The lowest BCUT2D eigenvalue weighted by atomic mass is 10.2. The third-order valence-corrected chi connectivity index (χ3v) is 2.12. The summed E-state index contributed by atoms with van der Waals surface area (Å²) in [6.07, 6.45) is 2.11. The van der Waals surface area contributed by atoms with E-state index in [1.807, 2.05) is 6.07 Å². The van der Waals surface area contributed by atoms with Gasteiger partial charge in [0.2, 0.25) is 0 Å². The number of hydrogen-bond donors (Lipinski definition) is 0. The van der Waals surface area contributed by atoms with Gasteiger partial charge in [0.15, 0.2) is 0 Å². The average molecular weight is 192 g/mol. The Morgan fingerprint density at radius 2 is 2.07 bits per heavy atom. The Morgan fingerprint density at radius 1 is 1.36 bits per heavy atom. The van der Waals surface area contributed by atoms with Gasteiger partial charge in [0, 0.05) is 0 Å². The maximum atomic E-state index is 11.6. The van der Waals surface area contributed by atoms with Crippen molar-refractivity contribution in [3.05, 3.63) is 29.8 Å². The number of esters is 1. The summed E-state index contributed by atoms with van der Waals surface area (Å²) in [5.41, 5.74) is 0.502. The van der Waals surface area contributed by atoms with Crippen LogP contribution >= 0.6 is 0 Å². The third kappa shape index (κ3) is 1.87. The summed E-state index contributed by atoms with van der Waals surface area (Å²) in [5, 5.41) is 0. The maximum Gasteiger partial charge on any atom is 0.342 e. The highest BCUT2D eigenvalue weighted by atomic mass is 16.5. The largest absolute Gasteiger partial charge is 0.496 e. The van der Waals surface area contributed by atoms with E-state index in [9.17, 15) is 4.79 Å². The Morgan fingerprint density at radius 3 is 2.71 bits per heavy atom. The number of rotatable bonds is 3. The molecule has 2 rings (SSSR count). The standard InChI is InChI=1S/C11H12O3/c1-13-10-5-3-2-4-9(10)11(12)14-8-6-7-8/h2-5,8H,6-7H2,1H3. The van der Waals surface area contributed by atoms with Gasteiger partial charge in [0.1, 0.15) is 17.4 Å². The molecule has 1 aromatic rings. The van der Waals surface area contributed by atoms with Gasteiger partial charge >= 0.3 is 5.97 Å². The molecule has 0 bridgehead atoms. The van der Waals surface area contributed by atoms with Crippen LogP contribution in [0, 0.1) is 0 Å². The molecule has 0 heterocycles. The molecule has 0 aliphatic heterocycles. The molecule has 14 heavy (non-hydrogen) atoms. The van der Waals surface area contributed by atoms with E-state index in [0.717, 1.165) is 12.8 Å². The molecule has 74 valence electrons. The van der Waals surface area contributed by atoms with Crippen molar-refractivity contribution in [1.29, 1.82) is 0 Å². The van der Waals surface area contributed by atoms with Crippen molar-refractivity contribution < 1.29 is 14.3 Å². The van der Waals surface area contributed by atoms with E-state index >= 15 is 0 Å². The molecule has 0 unspecified atom stereocenters. The van der Waals surface area contributed by atoms with Crippen LogP contribution in [0.1, 0.15) is 23.2 Å². The minimum atomic E-state index is -0.287. The second kappa shape index (κ2) is 3.70. The van der Waals surface area contributed by atoms with E-state index in [2.05, 4.69) is 0 Å². The zero-order valence-electron chi connectivity index (χ0n) is 8.03. The van der Waals surface area contributed by atoms with Gasteiger partial charge in [0.05, 0.1) is 7.11 Å². The Kier molecular flexibility index (Phi) is 2.39. The zero-order valence-corrected chi connectivity index (χ0v) is 8.03. The highest BCUT2D eigenvalue weighted by Crippen LogP contribution is 2.26. The van der Waals surface area contributed by atoms with E-state index in [-0.39, 0.29) is 12.1 Å². The predicted molar refractivity (Wildman–Crippen MR) is 51.4 cm³/mol. The Bertz CT molecular complexity index is 342. The van der Waals surface area contributed by atoms with Gasteiger partial charge in [-0.05, 0) is 25.0 Å². The molecule has 0 N–H and O–H groups in total. The normalized spacial score (nSPS) is 14.9. The topological polar surface area (TPSA) is 35.5 Å². The van der Waals surface area contributed by atoms with E-state index in [0.29, 0.717) is 11.3 Å². The molecule has 1 aromatic carbocycles. The number of benzene rings is 1. The smallest absolute Gasteiger partial charge is 0.342 e. The average Bonchev–Trinajstić information content (AvgIpc) is 3.01. The monoisotopic (exact) mass is 192 g/mol. The second-order valence-corrected chi connectivity index (χ2v) is 3.30. The van der Waals surface area contributed by atoms with Crippen molar-refractivity contribution in [3.8, 4) is 5.75 Å². The van der Waals surface area contributed by atoms with Crippen LogP contribution in [0.15, 0.2) is 24.3 Å². The van der Waals surface area contributed by atoms with Crippen molar-refractivity contribution in [1.82, 2.24) is 0 Å². The summed E-state index contributed by atoms with van der Waals surface area (Å²) < 4.78 is 10.2. The molecule has 1 aliphatic rings. The Labute approximate surface area is 82.6 Å². The first-order valence-corrected chi connectivity index (χ1v) is 4.65. The van der Waals surface area contributed by atoms with Crippen LogP contribution in [0.25, 0.3) is 0 Å². The van der Waals surface area contributed by atoms with E-state index in [4.69, 9.17) is 9.47 Å². The molecule has 1 saturated carbocycles. The van der Waals surface area contributed by atoms with E-state index in [1.165, 1.54) is 0 Å². The molecule has 0 spiro atoms. The third-order valence-electron chi connectivity index (χ3n) is 2.12. The SMILES string of the molecule is COc1ccccc1C(=O)OC1CC1. The first kappa shape index (κ1) is 9.06. The zero-order chi connectivity index (χ0) is 9.97. The van der Waals surface area contributed by atoms with Gasteiger partial charge in [-0.1, -0.05) is 12.1 Å². The summed E-state index contributed by atoms with van der Waals surface area (Å²) in [6.45, 7) is 0. The van der Waals surface area contributed by atoms with Crippen LogP contribution < -0.4 is 4.74 Å². The summed E-state index contributed by atoms with van der Waals surface area (Å²) in [5.74, 6) is 0.281. The quantitative estimate of drug-likeness (QED) is 0.687. The van der Waals surface area contributed by atoms with Crippen LogP contribution in [-0.2, 0) is 4.74 Å². The fraction of sp³-hybridized carbons (Fsp3) is 0.364. The molecule has 1 fully saturated rings. The predicted octanol–water partition coefficient (Wildman–Crippen LogP) is 2.01. The fourth-order valence-electron chi connectivity index (χ4n) is 1.21. The van der Waals surface area contributed by atoms with Gasteiger partial charge in [-0.15, -0.1) is 0 Å². The van der Waals surface area contributed by atoms with Crippen molar-refractivity contribution in [2.24, 2.45) is 0 Å². The highest BCUT2D eigenvalue weighted by molar-refractivity contribution is 5.92. The van der Waals surface area contributed by atoms with Crippen LogP contribution in [0.2, 0.25) is 0 Å². The molecule has 0 amide bonds. The Balaban J connectivity index is 2.16. The number of carbonyl (C=O) groups is 1. The molecule has 0 saturated heterocycles. The number of methoxy groups -OCH3 is 1. The van der Waals surface area contributed by atoms with E-state index in [1.54, 1.807) is 25.3 Å². The fourth-order valence-corrected chi connectivity index (χ4v) is 1.21. The minimum Gasteiger partial charge on any atom is -0.496 e. The van der Waals surface area contributed by atoms with Crippen molar-refractivity contribution in [2.45, 2.75) is 18.9 Å². The number of carbonyl (C=O) groups excluding carboxylic acids is 1. The molecule has 1 aliphatic carbocycles. The van der Waals surface area contributed by atoms with Gasteiger partial charge in [-0.2, -0.15) is 0 Å². The molecule has 3 heteroatoms. The van der Waals surface area contributed by atoms with Crippen LogP contribution in [0.4, 0.5) is 0 Å². The van der Waals surface area contributed by atoms with Crippen molar-refractivity contribution in [3.63, 3.8) is 0 Å². The van der Waals surface area contributed by atoms with Gasteiger partial charge < -0.3 is 9.47 Å². The van der Waals surface area contributed by atoms with Gasteiger partial charge in [-0.3, -0.25) is 0 Å². The Hall–Kier alpha value is -1.51. The molecular formula is C11H12O3. The molecule has 0 radical (unpaired) electrons. The summed E-state index contributed by atoms with van der Waals surface area (Å²) >= 11 is 0. The summed E-state index contributed by atoms with van der Waals surface area (Å²) in [7, 11) is 1.54. The van der Waals surface area contributed by atoms with Crippen molar-refractivity contribution in [2.75, 3.05) is 7.11 Å².